The van der Waals surface area contributed by atoms with E-state index >= 15 is 0 Å². The van der Waals surface area contributed by atoms with E-state index in [1.165, 1.54) is 10.9 Å². The lowest BCUT2D eigenvalue weighted by Crippen LogP contribution is -2.04. The summed E-state index contributed by atoms with van der Waals surface area (Å²) in [5.41, 5.74) is 2.43. The molecule has 0 amide bonds. The van der Waals surface area contributed by atoms with Crippen molar-refractivity contribution in [3.63, 3.8) is 0 Å². The number of phenols is 1. The minimum absolute atomic E-state index is 0.0296. The number of benzene rings is 2. The molecular formula is C16H14ClN3O3. The molecule has 23 heavy (non-hydrogen) atoms. The average molecular weight is 332 g/mol. The van der Waals surface area contributed by atoms with Crippen molar-refractivity contribution in [2.45, 2.75) is 20.0 Å². The van der Waals surface area contributed by atoms with Gasteiger partial charge in [0, 0.05) is 11.4 Å². The first kappa shape index (κ1) is 15.3. The Hall–Kier alpha value is -2.60. The maximum atomic E-state index is 11.2. The number of carbonyl (C=O) groups excluding carboxylic acids is 1. The fourth-order valence-corrected chi connectivity index (χ4v) is 2.25. The molecular weight excluding hydrogens is 318 g/mol. The van der Waals surface area contributed by atoms with Gasteiger partial charge in [-0.3, -0.25) is 4.79 Å². The highest BCUT2D eigenvalue weighted by atomic mass is 35.5. The van der Waals surface area contributed by atoms with Crippen LogP contribution in [0.1, 0.15) is 18.9 Å². The number of fused-ring (bicyclic) bond motifs is 1. The summed E-state index contributed by atoms with van der Waals surface area (Å²) >= 11 is 5.94. The second-order valence-corrected chi connectivity index (χ2v) is 5.40. The summed E-state index contributed by atoms with van der Waals surface area (Å²) < 4.78 is 5.09. The number of rotatable bonds is 4. The minimum Gasteiger partial charge on any atom is -0.506 e. The molecule has 0 unspecified atom stereocenters. The number of halogens is 1. The Morgan fingerprint density at radius 2 is 2.00 bits per heavy atom. The maximum Gasteiger partial charge on any atom is 0.305 e. The predicted octanol–water partition coefficient (Wildman–Crippen LogP) is 3.23. The van der Waals surface area contributed by atoms with Crippen LogP contribution in [0, 0.1) is 0 Å². The van der Waals surface area contributed by atoms with Gasteiger partial charge in [0.15, 0.2) is 0 Å². The van der Waals surface area contributed by atoms with Crippen LogP contribution in [0.5, 0.6) is 5.75 Å². The van der Waals surface area contributed by atoms with E-state index < -0.39 is 0 Å². The second-order valence-electron chi connectivity index (χ2n) is 4.96. The van der Waals surface area contributed by atoms with Crippen LogP contribution >= 0.6 is 11.6 Å². The number of carbonyl (C=O) groups is 1. The van der Waals surface area contributed by atoms with Crippen LogP contribution in [-0.4, -0.2) is 26.1 Å². The summed E-state index contributed by atoms with van der Waals surface area (Å²) in [7, 11) is 0. The zero-order chi connectivity index (χ0) is 16.4. The zero-order valence-corrected chi connectivity index (χ0v) is 13.1. The molecule has 0 bridgehead atoms. The first-order valence-electron chi connectivity index (χ1n) is 7.07. The van der Waals surface area contributed by atoms with Crippen molar-refractivity contribution >= 4 is 28.6 Å². The van der Waals surface area contributed by atoms with Crippen LogP contribution in [0.15, 0.2) is 36.4 Å². The van der Waals surface area contributed by atoms with Gasteiger partial charge in [-0.25, -0.2) is 0 Å². The van der Waals surface area contributed by atoms with Gasteiger partial charge in [0.2, 0.25) is 0 Å². The fourth-order valence-electron chi connectivity index (χ4n) is 2.08. The number of phenolic OH excluding ortho intramolecular Hbond substituents is 1. The fraction of sp³-hybridized carbons (Fsp3) is 0.188. The Bertz CT molecular complexity index is 876. The van der Waals surface area contributed by atoms with Crippen molar-refractivity contribution in [1.82, 2.24) is 15.0 Å². The van der Waals surface area contributed by atoms with Gasteiger partial charge in [0.1, 0.15) is 29.1 Å². The summed E-state index contributed by atoms with van der Waals surface area (Å²) in [6.07, 6.45) is 0.317. The van der Waals surface area contributed by atoms with E-state index in [-0.39, 0.29) is 18.3 Å². The Morgan fingerprint density at radius 1 is 1.22 bits per heavy atom. The highest BCUT2D eigenvalue weighted by molar-refractivity contribution is 6.31. The summed E-state index contributed by atoms with van der Waals surface area (Å²) in [4.78, 5) is 12.6. The third kappa shape index (κ3) is 3.27. The topological polar surface area (TPSA) is 77.2 Å². The molecule has 0 aliphatic carbocycles. The Labute approximate surface area is 137 Å². The molecule has 6 nitrogen and oxygen atoms in total. The van der Waals surface area contributed by atoms with Crippen molar-refractivity contribution < 1.29 is 14.6 Å². The van der Waals surface area contributed by atoms with E-state index in [0.29, 0.717) is 28.2 Å². The van der Waals surface area contributed by atoms with E-state index in [1.54, 1.807) is 37.3 Å². The number of nitrogens with zero attached hydrogens (tertiary/aromatic N) is 3. The third-order valence-electron chi connectivity index (χ3n) is 3.29. The maximum absolute atomic E-state index is 11.2. The van der Waals surface area contributed by atoms with E-state index in [2.05, 4.69) is 10.2 Å². The molecule has 7 heteroatoms. The number of hydrogen-bond acceptors (Lipinski definition) is 5. The Morgan fingerprint density at radius 3 is 2.78 bits per heavy atom. The average Bonchev–Trinajstić information content (AvgIpc) is 2.96. The van der Waals surface area contributed by atoms with Gasteiger partial charge in [-0.1, -0.05) is 24.6 Å². The monoisotopic (exact) mass is 331 g/mol. The summed E-state index contributed by atoms with van der Waals surface area (Å²) in [6.45, 7) is 1.86. The molecule has 0 fully saturated rings. The van der Waals surface area contributed by atoms with Crippen LogP contribution < -0.4 is 0 Å². The SMILES string of the molecule is CCC(=O)OCc1ccc(O)c(-n2nc3ccc(Cl)cc3n2)c1. The van der Waals surface area contributed by atoms with Crippen molar-refractivity contribution in [1.29, 1.82) is 0 Å². The van der Waals surface area contributed by atoms with Gasteiger partial charge >= 0.3 is 5.97 Å². The molecule has 0 aliphatic heterocycles. The summed E-state index contributed by atoms with van der Waals surface area (Å²) in [5, 5.41) is 19.2. The van der Waals surface area contributed by atoms with Gasteiger partial charge in [-0.15, -0.1) is 15.0 Å². The van der Waals surface area contributed by atoms with Gasteiger partial charge in [0.25, 0.3) is 0 Å². The summed E-state index contributed by atoms with van der Waals surface area (Å²) in [6, 6.07) is 10.1. The van der Waals surface area contributed by atoms with Crippen LogP contribution in [0.3, 0.4) is 0 Å². The van der Waals surface area contributed by atoms with Crippen LogP contribution in [0.4, 0.5) is 0 Å². The smallest absolute Gasteiger partial charge is 0.305 e. The molecule has 118 valence electrons. The van der Waals surface area contributed by atoms with Gasteiger partial charge < -0.3 is 9.84 Å². The normalized spacial score (nSPS) is 10.9. The van der Waals surface area contributed by atoms with Gasteiger partial charge in [-0.05, 0) is 35.9 Å². The highest BCUT2D eigenvalue weighted by Crippen LogP contribution is 2.24. The molecule has 3 rings (SSSR count). The standard InChI is InChI=1S/C16H14ClN3O3/c1-2-16(22)23-9-10-3-6-15(21)14(7-10)20-18-12-5-4-11(17)8-13(12)19-20/h3-8,21H,2,9H2,1H3. The van der Waals surface area contributed by atoms with Crippen LogP contribution in [0.25, 0.3) is 16.7 Å². The summed E-state index contributed by atoms with van der Waals surface area (Å²) in [5.74, 6) is -0.251. The largest absolute Gasteiger partial charge is 0.506 e. The number of aromatic hydroxyl groups is 1. The predicted molar refractivity (Wildman–Crippen MR) is 85.6 cm³/mol. The van der Waals surface area contributed by atoms with Crippen LogP contribution in [-0.2, 0) is 16.1 Å². The molecule has 1 aromatic heterocycles. The lowest BCUT2D eigenvalue weighted by Gasteiger charge is -2.07. The van der Waals surface area contributed by atoms with E-state index in [0.717, 1.165) is 5.56 Å². The zero-order valence-electron chi connectivity index (χ0n) is 12.4. The Balaban J connectivity index is 1.95. The number of hydrogen-bond donors (Lipinski definition) is 1. The third-order valence-corrected chi connectivity index (χ3v) is 3.52. The van der Waals surface area contributed by atoms with Crippen molar-refractivity contribution in [3.05, 3.63) is 47.0 Å². The number of aromatic nitrogens is 3. The quantitative estimate of drug-likeness (QED) is 0.743. The van der Waals surface area contributed by atoms with Gasteiger partial charge in [0.05, 0.1) is 0 Å². The molecule has 0 radical (unpaired) electrons. The highest BCUT2D eigenvalue weighted by Gasteiger charge is 2.11. The molecule has 0 aliphatic rings. The molecule has 1 N–H and O–H groups in total. The lowest BCUT2D eigenvalue weighted by atomic mass is 10.2. The lowest BCUT2D eigenvalue weighted by molar-refractivity contribution is -0.144. The van der Waals surface area contributed by atoms with Crippen molar-refractivity contribution in [2.24, 2.45) is 0 Å². The first-order chi connectivity index (χ1) is 11.1. The van der Waals surface area contributed by atoms with E-state index in [1.807, 2.05) is 0 Å². The van der Waals surface area contributed by atoms with E-state index in [9.17, 15) is 9.90 Å². The molecule has 0 saturated heterocycles. The molecule has 0 spiro atoms. The molecule has 3 aromatic rings. The molecule has 0 atom stereocenters. The molecule has 2 aromatic carbocycles. The van der Waals surface area contributed by atoms with E-state index in [4.69, 9.17) is 16.3 Å². The first-order valence-corrected chi connectivity index (χ1v) is 7.45. The molecule has 1 heterocycles. The second kappa shape index (κ2) is 6.26. The van der Waals surface area contributed by atoms with Crippen molar-refractivity contribution in [2.75, 3.05) is 0 Å². The minimum atomic E-state index is -0.280. The van der Waals surface area contributed by atoms with Gasteiger partial charge in [-0.2, -0.15) is 0 Å². The van der Waals surface area contributed by atoms with Crippen molar-refractivity contribution in [3.8, 4) is 11.4 Å². The van der Waals surface area contributed by atoms with Crippen LogP contribution in [0.2, 0.25) is 5.02 Å². The number of ether oxygens (including phenoxy) is 1. The Kier molecular flexibility index (Phi) is 4.16. The molecule has 0 saturated carbocycles. The number of esters is 1.